The molecule has 1 atom stereocenters. The predicted molar refractivity (Wildman–Crippen MR) is 83.7 cm³/mol. The second kappa shape index (κ2) is 6.33. The molecule has 20 heavy (non-hydrogen) atoms. The molecule has 0 radical (unpaired) electrons. The van der Waals surface area contributed by atoms with Gasteiger partial charge in [-0.15, -0.1) is 0 Å². The molecule has 2 heterocycles. The molecule has 1 aromatic heterocycles. The number of hydrogen-bond acceptors (Lipinski definition) is 3. The fourth-order valence-corrected chi connectivity index (χ4v) is 3.03. The van der Waals surface area contributed by atoms with E-state index in [-0.39, 0.29) is 0 Å². The zero-order chi connectivity index (χ0) is 13.8. The van der Waals surface area contributed by atoms with Crippen molar-refractivity contribution in [2.75, 3.05) is 19.6 Å². The Kier molecular flexibility index (Phi) is 4.28. The van der Waals surface area contributed by atoms with Gasteiger partial charge in [-0.3, -0.25) is 9.88 Å². The van der Waals surface area contributed by atoms with Gasteiger partial charge in [0.2, 0.25) is 0 Å². The number of hydrogen-bond donors (Lipinski definition) is 1. The lowest BCUT2D eigenvalue weighted by Crippen LogP contribution is -2.36. The van der Waals surface area contributed by atoms with Gasteiger partial charge in [-0.05, 0) is 37.6 Å². The minimum atomic E-state index is 0.625. The average molecular weight is 269 g/mol. The van der Waals surface area contributed by atoms with Crippen molar-refractivity contribution < 1.29 is 0 Å². The minimum Gasteiger partial charge on any atom is -0.313 e. The summed E-state index contributed by atoms with van der Waals surface area (Å²) in [6.45, 7) is 6.72. The third-order valence-electron chi connectivity index (χ3n) is 4.17. The smallest absolute Gasteiger partial charge is 0.0746 e. The first-order valence-corrected chi connectivity index (χ1v) is 7.65. The van der Waals surface area contributed by atoms with Gasteiger partial charge in [-0.25, -0.2) is 0 Å². The summed E-state index contributed by atoms with van der Waals surface area (Å²) in [5, 5.41) is 4.87. The van der Waals surface area contributed by atoms with Gasteiger partial charge in [-0.2, -0.15) is 0 Å². The molecule has 0 aliphatic carbocycles. The Hall–Kier alpha value is -1.45. The summed E-state index contributed by atoms with van der Waals surface area (Å²) in [6.07, 6.45) is 4.32. The molecule has 1 fully saturated rings. The second-order valence-corrected chi connectivity index (χ2v) is 5.64. The molecule has 106 valence electrons. The number of benzene rings is 1. The Balaban J connectivity index is 1.81. The van der Waals surface area contributed by atoms with E-state index in [4.69, 9.17) is 0 Å². The van der Waals surface area contributed by atoms with Crippen LogP contribution in [-0.2, 0) is 6.54 Å². The molecule has 3 rings (SSSR count). The van der Waals surface area contributed by atoms with Gasteiger partial charge in [0.15, 0.2) is 0 Å². The largest absolute Gasteiger partial charge is 0.313 e. The van der Waals surface area contributed by atoms with E-state index in [1.807, 2.05) is 12.3 Å². The maximum absolute atomic E-state index is 4.57. The summed E-state index contributed by atoms with van der Waals surface area (Å²) in [5.74, 6) is 0. The normalized spacial score (nSPS) is 20.9. The van der Waals surface area contributed by atoms with Gasteiger partial charge in [0, 0.05) is 30.7 Å². The fraction of sp³-hybridized carbons (Fsp3) is 0.471. The monoisotopic (exact) mass is 269 g/mol. The molecule has 1 unspecified atom stereocenters. The SMILES string of the molecule is CCC1CN(Cc2cccc3cccnc23)CCCN1. The summed E-state index contributed by atoms with van der Waals surface area (Å²) in [5.41, 5.74) is 2.50. The Bertz CT molecular complexity index is 562. The fourth-order valence-electron chi connectivity index (χ4n) is 3.03. The van der Waals surface area contributed by atoms with Crippen molar-refractivity contribution >= 4 is 10.9 Å². The highest BCUT2D eigenvalue weighted by Gasteiger charge is 2.17. The molecule has 0 saturated carbocycles. The molecular formula is C17H23N3. The summed E-state index contributed by atoms with van der Waals surface area (Å²) >= 11 is 0. The Labute approximate surface area is 121 Å². The molecule has 0 bridgehead atoms. The maximum Gasteiger partial charge on any atom is 0.0746 e. The highest BCUT2D eigenvalue weighted by atomic mass is 15.2. The van der Waals surface area contributed by atoms with Crippen LogP contribution in [0.2, 0.25) is 0 Å². The van der Waals surface area contributed by atoms with Crippen LogP contribution in [-0.4, -0.2) is 35.6 Å². The second-order valence-electron chi connectivity index (χ2n) is 5.64. The van der Waals surface area contributed by atoms with Gasteiger partial charge in [0.05, 0.1) is 5.52 Å². The van der Waals surface area contributed by atoms with Crippen LogP contribution < -0.4 is 5.32 Å². The quantitative estimate of drug-likeness (QED) is 0.928. The number of aromatic nitrogens is 1. The van der Waals surface area contributed by atoms with Crippen LogP contribution in [0.5, 0.6) is 0 Å². The van der Waals surface area contributed by atoms with Crippen LogP contribution in [0.3, 0.4) is 0 Å². The molecule has 1 aromatic carbocycles. The lowest BCUT2D eigenvalue weighted by molar-refractivity contribution is 0.258. The highest BCUT2D eigenvalue weighted by Crippen LogP contribution is 2.18. The van der Waals surface area contributed by atoms with Crippen molar-refractivity contribution in [2.24, 2.45) is 0 Å². The molecule has 3 nitrogen and oxygen atoms in total. The highest BCUT2D eigenvalue weighted by molar-refractivity contribution is 5.81. The predicted octanol–water partition coefficient (Wildman–Crippen LogP) is 2.81. The van der Waals surface area contributed by atoms with Crippen molar-refractivity contribution in [1.82, 2.24) is 15.2 Å². The molecule has 2 aromatic rings. The molecule has 1 saturated heterocycles. The van der Waals surface area contributed by atoms with Gasteiger partial charge in [0.1, 0.15) is 0 Å². The van der Waals surface area contributed by atoms with Crippen LogP contribution in [0.1, 0.15) is 25.3 Å². The van der Waals surface area contributed by atoms with Crippen LogP contribution in [0.15, 0.2) is 36.5 Å². The topological polar surface area (TPSA) is 28.2 Å². The molecule has 0 amide bonds. The van der Waals surface area contributed by atoms with E-state index in [2.05, 4.69) is 46.4 Å². The number of fused-ring (bicyclic) bond motifs is 1. The van der Waals surface area contributed by atoms with E-state index < -0.39 is 0 Å². The van der Waals surface area contributed by atoms with Gasteiger partial charge < -0.3 is 5.32 Å². The first-order chi connectivity index (χ1) is 9.86. The van der Waals surface area contributed by atoms with Crippen molar-refractivity contribution in [3.8, 4) is 0 Å². The van der Waals surface area contributed by atoms with Crippen molar-refractivity contribution in [3.63, 3.8) is 0 Å². The van der Waals surface area contributed by atoms with Gasteiger partial charge in [0.25, 0.3) is 0 Å². The first kappa shape index (κ1) is 13.5. The van der Waals surface area contributed by atoms with Gasteiger partial charge >= 0.3 is 0 Å². The number of pyridine rings is 1. The van der Waals surface area contributed by atoms with Crippen molar-refractivity contribution in [3.05, 3.63) is 42.1 Å². The van der Waals surface area contributed by atoms with Crippen molar-refractivity contribution in [2.45, 2.75) is 32.4 Å². The first-order valence-electron chi connectivity index (χ1n) is 7.65. The lowest BCUT2D eigenvalue weighted by atomic mass is 10.1. The Morgan fingerprint density at radius 2 is 2.20 bits per heavy atom. The summed E-state index contributed by atoms with van der Waals surface area (Å²) in [7, 11) is 0. The number of nitrogens with one attached hydrogen (secondary N) is 1. The third-order valence-corrected chi connectivity index (χ3v) is 4.17. The molecule has 0 spiro atoms. The van der Waals surface area contributed by atoms with Gasteiger partial charge in [-0.1, -0.05) is 31.2 Å². The Morgan fingerprint density at radius 3 is 3.10 bits per heavy atom. The van der Waals surface area contributed by atoms with E-state index in [9.17, 15) is 0 Å². The molecule has 3 heteroatoms. The van der Waals surface area contributed by atoms with Crippen LogP contribution in [0.4, 0.5) is 0 Å². The molecular weight excluding hydrogens is 246 g/mol. The average Bonchev–Trinajstić information content (AvgIpc) is 2.73. The Morgan fingerprint density at radius 1 is 1.30 bits per heavy atom. The molecule has 1 N–H and O–H groups in total. The van der Waals surface area contributed by atoms with E-state index in [1.165, 1.54) is 30.3 Å². The number of nitrogens with zero attached hydrogens (tertiary/aromatic N) is 2. The summed E-state index contributed by atoms with van der Waals surface area (Å²) in [4.78, 5) is 7.13. The van der Waals surface area contributed by atoms with Crippen LogP contribution >= 0.6 is 0 Å². The van der Waals surface area contributed by atoms with E-state index in [1.54, 1.807) is 0 Å². The summed E-state index contributed by atoms with van der Waals surface area (Å²) in [6, 6.07) is 11.3. The van der Waals surface area contributed by atoms with E-state index in [0.717, 1.165) is 25.2 Å². The number of rotatable bonds is 3. The minimum absolute atomic E-state index is 0.625. The molecule has 1 aliphatic rings. The third kappa shape index (κ3) is 3.00. The molecule has 1 aliphatic heterocycles. The standard InChI is InChI=1S/C17H23N3/c1-2-16-13-20(11-5-10-18-16)12-15-7-3-6-14-8-4-9-19-17(14)15/h3-4,6-9,16,18H,2,5,10-13H2,1H3. The summed E-state index contributed by atoms with van der Waals surface area (Å²) < 4.78 is 0. The zero-order valence-corrected chi connectivity index (χ0v) is 12.2. The zero-order valence-electron chi connectivity index (χ0n) is 12.2. The maximum atomic E-state index is 4.57. The lowest BCUT2D eigenvalue weighted by Gasteiger charge is -2.24. The van der Waals surface area contributed by atoms with E-state index >= 15 is 0 Å². The van der Waals surface area contributed by atoms with Crippen molar-refractivity contribution in [1.29, 1.82) is 0 Å². The van der Waals surface area contributed by atoms with Crippen LogP contribution in [0, 0.1) is 0 Å². The van der Waals surface area contributed by atoms with E-state index in [0.29, 0.717) is 6.04 Å². The number of para-hydroxylation sites is 1. The van der Waals surface area contributed by atoms with Crippen LogP contribution in [0.25, 0.3) is 10.9 Å².